The van der Waals surface area contributed by atoms with Gasteiger partial charge < -0.3 is 10.4 Å². The van der Waals surface area contributed by atoms with Crippen molar-refractivity contribution in [2.24, 2.45) is 11.8 Å². The van der Waals surface area contributed by atoms with Gasteiger partial charge in [0.1, 0.15) is 0 Å². The Hall–Kier alpha value is -1.36. The molecule has 5 heteroatoms. The Morgan fingerprint density at radius 1 is 1.20 bits per heavy atom. The quantitative estimate of drug-likeness (QED) is 0.878. The molecule has 0 bridgehead atoms. The smallest absolute Gasteiger partial charge is 0.306 e. The van der Waals surface area contributed by atoms with Crippen LogP contribution >= 0.6 is 11.3 Å². The van der Waals surface area contributed by atoms with E-state index >= 15 is 0 Å². The number of rotatable bonds is 5. The predicted molar refractivity (Wildman–Crippen MR) is 78.6 cm³/mol. The first-order chi connectivity index (χ1) is 9.60. The number of hydrogen-bond donors (Lipinski definition) is 2. The van der Waals surface area contributed by atoms with Crippen LogP contribution in [0.25, 0.3) is 0 Å². The van der Waals surface area contributed by atoms with Crippen LogP contribution in [0, 0.1) is 11.8 Å². The van der Waals surface area contributed by atoms with Crippen LogP contribution in [-0.4, -0.2) is 17.0 Å². The highest BCUT2D eigenvalue weighted by molar-refractivity contribution is 7.11. The Kier molecular flexibility index (Phi) is 5.17. The van der Waals surface area contributed by atoms with E-state index in [1.165, 1.54) is 9.75 Å². The minimum Gasteiger partial charge on any atom is -0.481 e. The fourth-order valence-electron chi connectivity index (χ4n) is 2.63. The lowest BCUT2D eigenvalue weighted by Crippen LogP contribution is -2.33. The molecular weight excluding hydrogens is 274 g/mol. The number of thiophene rings is 1. The minimum absolute atomic E-state index is 0.0174. The molecule has 1 saturated carbocycles. The molecule has 4 nitrogen and oxygen atoms in total. The Morgan fingerprint density at radius 2 is 1.80 bits per heavy atom. The number of nitrogens with one attached hydrogen (secondary N) is 1. The van der Waals surface area contributed by atoms with Gasteiger partial charge in [-0.1, -0.05) is 6.92 Å². The molecule has 0 unspecified atom stereocenters. The second-order valence-electron chi connectivity index (χ2n) is 5.33. The minimum atomic E-state index is -0.727. The average Bonchev–Trinajstić information content (AvgIpc) is 2.93. The number of carbonyl (C=O) groups excluding carboxylic acids is 1. The van der Waals surface area contributed by atoms with Gasteiger partial charge in [0.15, 0.2) is 0 Å². The van der Waals surface area contributed by atoms with E-state index in [0.717, 1.165) is 6.42 Å². The van der Waals surface area contributed by atoms with Gasteiger partial charge in [-0.15, -0.1) is 11.3 Å². The summed E-state index contributed by atoms with van der Waals surface area (Å²) in [5, 5.41) is 11.9. The van der Waals surface area contributed by atoms with Gasteiger partial charge in [-0.25, -0.2) is 0 Å². The first-order valence-electron chi connectivity index (χ1n) is 7.18. The lowest BCUT2D eigenvalue weighted by atomic mass is 9.81. The fraction of sp³-hybridized carbons (Fsp3) is 0.600. The number of carboxylic acids is 1. The maximum Gasteiger partial charge on any atom is 0.306 e. The van der Waals surface area contributed by atoms with Crippen molar-refractivity contribution in [2.45, 2.75) is 45.6 Å². The number of carbonyl (C=O) groups is 2. The van der Waals surface area contributed by atoms with Crippen LogP contribution in [0.4, 0.5) is 0 Å². The zero-order chi connectivity index (χ0) is 14.5. The molecular formula is C15H21NO3S. The lowest BCUT2D eigenvalue weighted by Gasteiger charge is -2.25. The van der Waals surface area contributed by atoms with E-state index in [0.29, 0.717) is 32.2 Å². The highest BCUT2D eigenvalue weighted by Gasteiger charge is 2.29. The van der Waals surface area contributed by atoms with Gasteiger partial charge in [0, 0.05) is 15.7 Å². The van der Waals surface area contributed by atoms with Gasteiger partial charge in [-0.05, 0) is 44.2 Å². The summed E-state index contributed by atoms with van der Waals surface area (Å²) >= 11 is 1.73. The van der Waals surface area contributed by atoms with Crippen molar-refractivity contribution < 1.29 is 14.7 Å². The van der Waals surface area contributed by atoms with E-state index in [-0.39, 0.29) is 17.7 Å². The van der Waals surface area contributed by atoms with Gasteiger partial charge in [0.25, 0.3) is 0 Å². The number of hydrogen-bond acceptors (Lipinski definition) is 3. The largest absolute Gasteiger partial charge is 0.481 e. The standard InChI is InChI=1S/C15H21NO3S/c1-2-12-7-8-13(20-12)9-16-14(17)10-3-5-11(6-4-10)15(18)19/h7-8,10-11H,2-6,9H2,1H3,(H,16,17)(H,18,19). The van der Waals surface area contributed by atoms with Gasteiger partial charge >= 0.3 is 5.97 Å². The van der Waals surface area contributed by atoms with Crippen LogP contribution in [0.15, 0.2) is 12.1 Å². The van der Waals surface area contributed by atoms with Crippen molar-refractivity contribution in [1.82, 2.24) is 5.32 Å². The second-order valence-corrected chi connectivity index (χ2v) is 6.58. The van der Waals surface area contributed by atoms with Crippen molar-refractivity contribution in [1.29, 1.82) is 0 Å². The van der Waals surface area contributed by atoms with E-state index < -0.39 is 5.97 Å². The molecule has 1 fully saturated rings. The van der Waals surface area contributed by atoms with Crippen LogP contribution in [0.3, 0.4) is 0 Å². The second kappa shape index (κ2) is 6.88. The number of aliphatic carboxylic acids is 1. The van der Waals surface area contributed by atoms with Crippen LogP contribution in [0.5, 0.6) is 0 Å². The summed E-state index contributed by atoms with van der Waals surface area (Å²) in [6, 6.07) is 4.16. The maximum atomic E-state index is 12.1. The molecule has 1 amide bonds. The highest BCUT2D eigenvalue weighted by Crippen LogP contribution is 2.29. The molecule has 2 rings (SSSR count). The van der Waals surface area contributed by atoms with Crippen LogP contribution in [0.1, 0.15) is 42.4 Å². The summed E-state index contributed by atoms with van der Waals surface area (Å²) in [6.07, 6.45) is 3.64. The Morgan fingerprint density at radius 3 is 2.35 bits per heavy atom. The summed E-state index contributed by atoms with van der Waals surface area (Å²) in [5.74, 6) is -0.936. The zero-order valence-corrected chi connectivity index (χ0v) is 12.5. The number of carboxylic acid groups (broad SMARTS) is 1. The van der Waals surface area contributed by atoms with Crippen LogP contribution in [0.2, 0.25) is 0 Å². The first kappa shape index (κ1) is 15.0. The van der Waals surface area contributed by atoms with Crippen molar-refractivity contribution in [3.05, 3.63) is 21.9 Å². The third-order valence-electron chi connectivity index (χ3n) is 3.95. The number of amides is 1. The van der Waals surface area contributed by atoms with E-state index in [1.54, 1.807) is 11.3 Å². The normalized spacial score (nSPS) is 22.4. The molecule has 0 atom stereocenters. The van der Waals surface area contributed by atoms with Crippen molar-refractivity contribution in [3.63, 3.8) is 0 Å². The zero-order valence-electron chi connectivity index (χ0n) is 11.7. The van der Waals surface area contributed by atoms with Crippen LogP contribution < -0.4 is 5.32 Å². The summed E-state index contributed by atoms with van der Waals surface area (Å²) in [7, 11) is 0. The summed E-state index contributed by atoms with van der Waals surface area (Å²) in [6.45, 7) is 2.71. The van der Waals surface area contributed by atoms with Crippen molar-refractivity contribution in [2.75, 3.05) is 0 Å². The summed E-state index contributed by atoms with van der Waals surface area (Å²) < 4.78 is 0. The molecule has 1 aliphatic rings. The first-order valence-corrected chi connectivity index (χ1v) is 8.00. The molecule has 1 aromatic rings. The highest BCUT2D eigenvalue weighted by atomic mass is 32.1. The Labute approximate surface area is 123 Å². The monoisotopic (exact) mass is 295 g/mol. The third kappa shape index (κ3) is 3.82. The molecule has 110 valence electrons. The van der Waals surface area contributed by atoms with E-state index in [1.807, 2.05) is 0 Å². The Balaban J connectivity index is 1.77. The molecule has 2 N–H and O–H groups in total. The van der Waals surface area contributed by atoms with Gasteiger partial charge in [0.05, 0.1) is 12.5 Å². The molecule has 0 spiro atoms. The molecule has 1 aromatic heterocycles. The number of aryl methyl sites for hydroxylation is 1. The topological polar surface area (TPSA) is 66.4 Å². The lowest BCUT2D eigenvalue weighted by molar-refractivity contribution is -0.144. The predicted octanol–water partition coefficient (Wildman–Crippen LogP) is 2.82. The molecule has 0 aliphatic heterocycles. The Bertz CT molecular complexity index is 475. The van der Waals surface area contributed by atoms with Crippen molar-refractivity contribution >= 4 is 23.2 Å². The van der Waals surface area contributed by atoms with E-state index in [2.05, 4.69) is 24.4 Å². The molecule has 1 heterocycles. The van der Waals surface area contributed by atoms with Crippen LogP contribution in [-0.2, 0) is 22.6 Å². The van der Waals surface area contributed by atoms with Gasteiger partial charge in [-0.3, -0.25) is 9.59 Å². The molecule has 1 aliphatic carbocycles. The summed E-state index contributed by atoms with van der Waals surface area (Å²) in [4.78, 5) is 25.4. The molecule has 0 radical (unpaired) electrons. The van der Waals surface area contributed by atoms with E-state index in [4.69, 9.17) is 5.11 Å². The third-order valence-corrected chi connectivity index (χ3v) is 5.18. The molecule has 0 aromatic carbocycles. The van der Waals surface area contributed by atoms with Gasteiger partial charge in [0.2, 0.25) is 5.91 Å². The van der Waals surface area contributed by atoms with Gasteiger partial charge in [-0.2, -0.15) is 0 Å². The molecule has 0 saturated heterocycles. The SMILES string of the molecule is CCc1ccc(CNC(=O)C2CCC(C(=O)O)CC2)s1. The molecule has 20 heavy (non-hydrogen) atoms. The maximum absolute atomic E-state index is 12.1. The average molecular weight is 295 g/mol. The summed E-state index contributed by atoms with van der Waals surface area (Å²) in [5.41, 5.74) is 0. The fourth-order valence-corrected chi connectivity index (χ4v) is 3.53. The van der Waals surface area contributed by atoms with Crippen molar-refractivity contribution in [3.8, 4) is 0 Å². The van der Waals surface area contributed by atoms with E-state index in [9.17, 15) is 9.59 Å².